The molecule has 0 saturated heterocycles. The fourth-order valence-corrected chi connectivity index (χ4v) is 5.39. The van der Waals surface area contributed by atoms with Gasteiger partial charge in [0.1, 0.15) is 20.5 Å². The van der Waals surface area contributed by atoms with Crippen LogP contribution in [-0.2, 0) is 4.74 Å². The third-order valence-electron chi connectivity index (χ3n) is 4.05. The second-order valence-corrected chi connectivity index (χ2v) is 9.74. The van der Waals surface area contributed by atoms with Gasteiger partial charge in [0.25, 0.3) is 0 Å². The van der Waals surface area contributed by atoms with E-state index in [0.717, 1.165) is 25.5 Å². The normalized spacial score (nSPS) is 10.6. The molecule has 0 aliphatic heterocycles. The molecule has 0 aromatic carbocycles. The quantitative estimate of drug-likeness (QED) is 0.237. The van der Waals surface area contributed by atoms with Gasteiger partial charge in [-0.2, -0.15) is 0 Å². The van der Waals surface area contributed by atoms with Gasteiger partial charge >= 0.3 is 5.97 Å². The third kappa shape index (κ3) is 5.10. The molecule has 4 aromatic rings. The lowest BCUT2D eigenvalue weighted by molar-refractivity contribution is 0.0528. The van der Waals surface area contributed by atoms with Crippen LogP contribution in [0.15, 0.2) is 24.5 Å². The van der Waals surface area contributed by atoms with Crippen LogP contribution in [0.1, 0.15) is 27.0 Å². The first-order valence-electron chi connectivity index (χ1n) is 8.98. The molecule has 4 aromatic heterocycles. The van der Waals surface area contributed by atoms with Gasteiger partial charge in [0, 0.05) is 27.7 Å². The summed E-state index contributed by atoms with van der Waals surface area (Å²) >= 11 is 21.0. The smallest absolute Gasteiger partial charge is 0.342 e. The number of pyridine rings is 1. The first kappa shape index (κ1) is 23.7. The zero-order valence-electron chi connectivity index (χ0n) is 16.7. The SMILES string of the molecule is CCOC(=O)c1c(N)sc(C)c1Cl.Cc1sc2nc(-c3cccnc3)nc(Cl)c2c1Cl. The molecule has 0 atom stereocenters. The maximum atomic E-state index is 11.3. The van der Waals surface area contributed by atoms with E-state index in [4.69, 9.17) is 45.3 Å². The molecule has 2 N–H and O–H groups in total. The summed E-state index contributed by atoms with van der Waals surface area (Å²) in [6, 6.07) is 3.73. The molecule has 0 unspecified atom stereocenters. The van der Waals surface area contributed by atoms with E-state index in [9.17, 15) is 4.79 Å². The average Bonchev–Trinajstić information content (AvgIpc) is 3.17. The van der Waals surface area contributed by atoms with E-state index in [1.54, 1.807) is 19.3 Å². The molecule has 4 rings (SSSR count). The Morgan fingerprint density at radius 3 is 2.42 bits per heavy atom. The number of hydrogen-bond donors (Lipinski definition) is 1. The van der Waals surface area contributed by atoms with Gasteiger partial charge in [0.15, 0.2) is 5.82 Å². The number of carbonyl (C=O) groups is 1. The third-order valence-corrected chi connectivity index (χ3v) is 7.42. The van der Waals surface area contributed by atoms with Crippen molar-refractivity contribution in [1.82, 2.24) is 15.0 Å². The van der Waals surface area contributed by atoms with E-state index in [-0.39, 0.29) is 0 Å². The van der Waals surface area contributed by atoms with Gasteiger partial charge in [-0.05, 0) is 32.9 Å². The predicted octanol–water partition coefficient (Wildman–Crippen LogP) is 6.84. The fraction of sp³-hybridized carbons (Fsp3) is 0.200. The van der Waals surface area contributed by atoms with Gasteiger partial charge in [0.2, 0.25) is 0 Å². The van der Waals surface area contributed by atoms with Crippen LogP contribution >= 0.6 is 57.5 Å². The molecule has 0 fully saturated rings. The van der Waals surface area contributed by atoms with Gasteiger partial charge in [-0.3, -0.25) is 4.98 Å². The minimum absolute atomic E-state index is 0.297. The van der Waals surface area contributed by atoms with Gasteiger partial charge in [-0.25, -0.2) is 14.8 Å². The van der Waals surface area contributed by atoms with Crippen LogP contribution in [0.3, 0.4) is 0 Å². The number of aromatic nitrogens is 3. The molecule has 4 heterocycles. The van der Waals surface area contributed by atoms with Crippen molar-refractivity contribution in [1.29, 1.82) is 0 Å². The highest BCUT2D eigenvalue weighted by atomic mass is 35.5. The van der Waals surface area contributed by atoms with Crippen molar-refractivity contribution >= 4 is 78.7 Å². The van der Waals surface area contributed by atoms with E-state index >= 15 is 0 Å². The highest BCUT2D eigenvalue weighted by Crippen LogP contribution is 2.38. The number of thiophene rings is 2. The lowest BCUT2D eigenvalue weighted by Gasteiger charge is -2.01. The summed E-state index contributed by atoms with van der Waals surface area (Å²) in [6.07, 6.45) is 3.41. The van der Waals surface area contributed by atoms with Crippen LogP contribution in [0.2, 0.25) is 15.2 Å². The number of halogens is 3. The van der Waals surface area contributed by atoms with E-state index in [1.165, 1.54) is 22.7 Å². The van der Waals surface area contributed by atoms with E-state index in [1.807, 2.05) is 26.0 Å². The molecule has 11 heteroatoms. The number of carbonyl (C=O) groups excluding carboxylic acids is 1. The van der Waals surface area contributed by atoms with Gasteiger partial charge < -0.3 is 10.5 Å². The maximum absolute atomic E-state index is 11.3. The highest BCUT2D eigenvalue weighted by Gasteiger charge is 2.20. The summed E-state index contributed by atoms with van der Waals surface area (Å²) in [4.78, 5) is 26.8. The fourth-order valence-electron chi connectivity index (χ4n) is 2.60. The number of fused-ring (bicyclic) bond motifs is 1. The molecule has 0 bridgehead atoms. The van der Waals surface area contributed by atoms with Gasteiger partial charge in [-0.15, -0.1) is 22.7 Å². The Morgan fingerprint density at radius 1 is 1.13 bits per heavy atom. The summed E-state index contributed by atoms with van der Waals surface area (Å²) in [5.41, 5.74) is 6.74. The van der Waals surface area contributed by atoms with Gasteiger partial charge in [0.05, 0.1) is 22.0 Å². The Labute approximate surface area is 202 Å². The molecule has 0 aliphatic carbocycles. The standard InChI is InChI=1S/C12H7Cl2N3S.C8H10ClNO2S/c1-6-9(13)8-10(14)16-11(17-12(8)18-6)7-3-2-4-15-5-7;1-3-12-8(11)5-6(9)4(2)13-7(5)10/h2-5H,1H3;3,10H2,1-2H3. The maximum Gasteiger partial charge on any atom is 0.342 e. The number of nitrogens with zero attached hydrogens (tertiary/aromatic N) is 3. The van der Waals surface area contributed by atoms with Crippen LogP contribution in [-0.4, -0.2) is 27.5 Å². The predicted molar refractivity (Wildman–Crippen MR) is 130 cm³/mol. The molecule has 0 aliphatic rings. The molecule has 0 spiro atoms. The van der Waals surface area contributed by atoms with E-state index in [2.05, 4.69) is 15.0 Å². The van der Waals surface area contributed by atoms with Gasteiger partial charge in [-0.1, -0.05) is 34.8 Å². The molecular formula is C20H17Cl3N4O2S2. The van der Waals surface area contributed by atoms with Crippen molar-refractivity contribution < 1.29 is 9.53 Å². The van der Waals surface area contributed by atoms with Crippen LogP contribution in [0.4, 0.5) is 5.00 Å². The second kappa shape index (κ2) is 10.1. The average molecular weight is 516 g/mol. The lowest BCUT2D eigenvalue weighted by atomic mass is 10.2. The zero-order valence-corrected chi connectivity index (χ0v) is 20.6. The number of ether oxygens (including phenoxy) is 1. The largest absolute Gasteiger partial charge is 0.462 e. The molecule has 31 heavy (non-hydrogen) atoms. The Balaban J connectivity index is 0.000000187. The Kier molecular flexibility index (Phi) is 7.72. The summed E-state index contributed by atoms with van der Waals surface area (Å²) < 4.78 is 4.81. The molecular weight excluding hydrogens is 499 g/mol. The van der Waals surface area contributed by atoms with Crippen LogP contribution in [0.25, 0.3) is 21.6 Å². The molecule has 0 saturated carbocycles. The van der Waals surface area contributed by atoms with Crippen LogP contribution in [0, 0.1) is 13.8 Å². The lowest BCUT2D eigenvalue weighted by Crippen LogP contribution is -2.06. The Morgan fingerprint density at radius 2 is 1.84 bits per heavy atom. The minimum atomic E-state index is -0.450. The van der Waals surface area contributed by atoms with Crippen molar-refractivity contribution in [3.8, 4) is 11.4 Å². The zero-order chi connectivity index (χ0) is 22.7. The first-order valence-corrected chi connectivity index (χ1v) is 11.7. The number of hydrogen-bond acceptors (Lipinski definition) is 8. The Bertz CT molecular complexity index is 1240. The summed E-state index contributed by atoms with van der Waals surface area (Å²) in [6.45, 7) is 5.81. The molecule has 0 radical (unpaired) electrons. The number of nitrogens with two attached hydrogens (primary N) is 1. The van der Waals surface area contributed by atoms with Crippen molar-refractivity contribution in [3.63, 3.8) is 0 Å². The summed E-state index contributed by atoms with van der Waals surface area (Å²) in [5.74, 6) is 0.118. The minimum Gasteiger partial charge on any atom is -0.462 e. The van der Waals surface area contributed by atoms with E-state index in [0.29, 0.717) is 38.2 Å². The number of anilines is 1. The van der Waals surface area contributed by atoms with Crippen molar-refractivity contribution in [2.45, 2.75) is 20.8 Å². The van der Waals surface area contributed by atoms with Crippen LogP contribution < -0.4 is 5.73 Å². The molecule has 162 valence electrons. The number of rotatable bonds is 3. The summed E-state index contributed by atoms with van der Waals surface area (Å²) in [5, 5.41) is 2.57. The topological polar surface area (TPSA) is 91.0 Å². The second-order valence-electron chi connectivity index (χ2n) is 6.16. The highest BCUT2D eigenvalue weighted by molar-refractivity contribution is 7.19. The number of aryl methyl sites for hydroxylation is 2. The van der Waals surface area contributed by atoms with Crippen molar-refractivity contribution in [2.24, 2.45) is 0 Å². The number of esters is 1. The molecule has 6 nitrogen and oxygen atoms in total. The first-order chi connectivity index (χ1) is 14.7. The van der Waals surface area contributed by atoms with Crippen molar-refractivity contribution in [2.75, 3.05) is 12.3 Å². The van der Waals surface area contributed by atoms with Crippen LogP contribution in [0.5, 0.6) is 0 Å². The Hall–Kier alpha value is -1.97. The monoisotopic (exact) mass is 514 g/mol. The molecule has 0 amide bonds. The van der Waals surface area contributed by atoms with Crippen molar-refractivity contribution in [3.05, 3.63) is 55.0 Å². The van der Waals surface area contributed by atoms with E-state index < -0.39 is 5.97 Å². The number of nitrogen functional groups attached to an aromatic ring is 1. The summed E-state index contributed by atoms with van der Waals surface area (Å²) in [7, 11) is 0.